The molecule has 1 aromatic carbocycles. The molecule has 18 nitrogen and oxygen atoms in total. The zero-order valence-corrected chi connectivity index (χ0v) is 25.3. The van der Waals surface area contributed by atoms with Gasteiger partial charge in [-0.1, -0.05) is 6.07 Å². The summed E-state index contributed by atoms with van der Waals surface area (Å²) in [4.78, 5) is 83.0. The fourth-order valence-electron chi connectivity index (χ4n) is 3.80. The van der Waals surface area contributed by atoms with E-state index in [1.165, 1.54) is 12.1 Å². The maximum absolute atomic E-state index is 13.3. The van der Waals surface area contributed by atoms with Crippen molar-refractivity contribution in [3.63, 3.8) is 0 Å². The molecule has 0 saturated heterocycles. The second-order valence-corrected chi connectivity index (χ2v) is 9.91. The molecule has 4 atom stereocenters. The lowest BCUT2D eigenvalue weighted by atomic mass is 10.0. The first-order chi connectivity index (χ1) is 21.0. The van der Waals surface area contributed by atoms with E-state index in [1.807, 2.05) is 0 Å². The fourth-order valence-corrected chi connectivity index (χ4v) is 3.80. The summed E-state index contributed by atoms with van der Waals surface area (Å²) in [6, 6.07) is 2.06. The molecule has 0 spiro atoms. The Balaban J connectivity index is 3.48. The van der Waals surface area contributed by atoms with Crippen LogP contribution in [0.3, 0.4) is 0 Å². The van der Waals surface area contributed by atoms with Gasteiger partial charge in [-0.25, -0.2) is 24.2 Å². The van der Waals surface area contributed by atoms with Crippen LogP contribution in [0.4, 0.5) is 0 Å². The average Bonchev–Trinajstić information content (AvgIpc) is 2.94. The van der Waals surface area contributed by atoms with Crippen LogP contribution in [-0.4, -0.2) is 77.6 Å². The highest BCUT2D eigenvalue weighted by Crippen LogP contribution is 2.28. The molecule has 4 unspecified atom stereocenters. The summed E-state index contributed by atoms with van der Waals surface area (Å²) in [5.41, 5.74) is 24.2. The van der Waals surface area contributed by atoms with E-state index in [4.69, 9.17) is 47.6 Å². The molecule has 0 aliphatic carbocycles. The predicted octanol–water partition coefficient (Wildman–Crippen LogP) is -1.60. The third-order valence-corrected chi connectivity index (χ3v) is 5.94. The van der Waals surface area contributed by atoms with Gasteiger partial charge in [0.05, 0.1) is 0 Å². The number of unbranched alkanes of at least 4 members (excludes halogenated alkanes) is 1. The molecule has 0 fully saturated rings. The van der Waals surface area contributed by atoms with Crippen LogP contribution in [0.25, 0.3) is 0 Å². The van der Waals surface area contributed by atoms with Gasteiger partial charge in [-0.3, -0.25) is 25.9 Å². The van der Waals surface area contributed by atoms with Gasteiger partial charge in [0.1, 0.15) is 17.5 Å². The Morgan fingerprint density at radius 2 is 1.49 bits per heavy atom. The van der Waals surface area contributed by atoms with E-state index >= 15 is 0 Å². The first kappa shape index (κ1) is 38.7. The Morgan fingerprint density at radius 1 is 0.844 bits per heavy atom. The molecule has 1 aromatic rings. The smallest absolute Gasteiger partial charge is 0.417 e. The third-order valence-electron chi connectivity index (χ3n) is 5.94. The number of ether oxygens (including phenoxy) is 4. The monoisotopic (exact) mass is 643 g/mol. The molecular weight excluding hydrogens is 602 g/mol. The van der Waals surface area contributed by atoms with Crippen molar-refractivity contribution >= 4 is 35.8 Å². The molecule has 45 heavy (non-hydrogen) atoms. The van der Waals surface area contributed by atoms with Gasteiger partial charge < -0.3 is 41.3 Å². The Kier molecular flexibility index (Phi) is 15.3. The number of hydrogen-bond acceptors (Lipinski definition) is 18. The first-order valence-electron chi connectivity index (χ1n) is 13.8. The van der Waals surface area contributed by atoms with Crippen molar-refractivity contribution in [3.05, 3.63) is 23.8 Å². The molecule has 0 aliphatic heterocycles. The van der Waals surface area contributed by atoms with Gasteiger partial charge in [-0.2, -0.15) is 0 Å². The lowest BCUT2D eigenvalue weighted by molar-refractivity contribution is -0.277. The summed E-state index contributed by atoms with van der Waals surface area (Å²) in [6.45, 7) is 3.21. The minimum Gasteiger partial charge on any atom is -0.508 e. The van der Waals surface area contributed by atoms with Crippen molar-refractivity contribution in [1.82, 2.24) is 0 Å². The number of phenolic OH excluding ortho intramolecular Hbond substituents is 1. The minimum atomic E-state index is -3.03. The zero-order chi connectivity index (χ0) is 34.4. The number of nitrogens with two attached hydrogens (primary N) is 5. The number of hydrogen-bond donors (Lipinski definition) is 6. The number of aromatic hydroxyl groups is 1. The largest absolute Gasteiger partial charge is 0.508 e. The second kappa shape index (κ2) is 17.8. The number of phenols is 1. The van der Waals surface area contributed by atoms with Crippen molar-refractivity contribution < 1.29 is 62.6 Å². The standard InChI is InChI=1S/C27H41N5O13/c1-15(33)40-21-14-19(36)9-8-18(21)13-20(30)23(37)43-27(32,25(39)45-44-17(3)35)22(7-6-12-29)41-24(38)26(31,42-16(2)34)10-4-5-11-28/h8-9,14,20,22,36H,4-7,10-13,28-32H2,1-3H3. The Bertz CT molecular complexity index is 1230. The summed E-state index contributed by atoms with van der Waals surface area (Å²) in [6.07, 6.45) is -2.22. The highest BCUT2D eigenvalue weighted by atomic mass is 17.2. The summed E-state index contributed by atoms with van der Waals surface area (Å²) < 4.78 is 20.8. The second-order valence-electron chi connectivity index (χ2n) is 9.91. The molecule has 0 aliphatic rings. The SMILES string of the molecule is CC(=O)OOC(=O)C(N)(OC(=O)C(N)Cc1ccc(O)cc1OC(C)=O)C(CCCN)OC(=O)C(N)(CCCCN)OC(C)=O. The zero-order valence-electron chi connectivity index (χ0n) is 25.3. The lowest BCUT2D eigenvalue weighted by Crippen LogP contribution is -2.65. The van der Waals surface area contributed by atoms with E-state index in [9.17, 15) is 33.9 Å². The van der Waals surface area contributed by atoms with Crippen LogP contribution in [-0.2, 0) is 59.2 Å². The molecule has 1 rings (SSSR count). The fraction of sp³-hybridized carbons (Fsp3) is 0.556. The molecule has 0 aromatic heterocycles. The van der Waals surface area contributed by atoms with Crippen LogP contribution < -0.4 is 33.4 Å². The van der Waals surface area contributed by atoms with E-state index < -0.39 is 59.4 Å². The van der Waals surface area contributed by atoms with Crippen molar-refractivity contribution in [2.75, 3.05) is 13.1 Å². The van der Waals surface area contributed by atoms with Crippen molar-refractivity contribution in [1.29, 1.82) is 0 Å². The number of carbonyl (C=O) groups is 6. The lowest BCUT2D eigenvalue weighted by Gasteiger charge is -2.36. The summed E-state index contributed by atoms with van der Waals surface area (Å²) in [5.74, 6) is -7.55. The minimum absolute atomic E-state index is 0.0232. The van der Waals surface area contributed by atoms with E-state index in [0.29, 0.717) is 6.42 Å². The molecule has 11 N–H and O–H groups in total. The van der Waals surface area contributed by atoms with Crippen molar-refractivity contribution in [2.45, 2.75) is 82.9 Å². The average molecular weight is 644 g/mol. The molecule has 0 saturated carbocycles. The summed E-state index contributed by atoms with van der Waals surface area (Å²) in [7, 11) is 0. The van der Waals surface area contributed by atoms with E-state index in [-0.39, 0.29) is 62.3 Å². The number of esters is 4. The molecule has 0 amide bonds. The topological polar surface area (TPSA) is 308 Å². The molecule has 0 heterocycles. The van der Waals surface area contributed by atoms with Crippen molar-refractivity contribution in [3.8, 4) is 11.5 Å². The quantitative estimate of drug-likeness (QED) is 0.0212. The third kappa shape index (κ3) is 12.3. The normalized spacial score (nSPS) is 14.8. The highest BCUT2D eigenvalue weighted by Gasteiger charge is 2.54. The van der Waals surface area contributed by atoms with Crippen LogP contribution >= 0.6 is 0 Å². The van der Waals surface area contributed by atoms with Gasteiger partial charge in [-0.15, -0.1) is 0 Å². The number of rotatable bonds is 17. The molecule has 252 valence electrons. The maximum atomic E-state index is 13.3. The van der Waals surface area contributed by atoms with Gasteiger partial charge in [0.2, 0.25) is 0 Å². The summed E-state index contributed by atoms with van der Waals surface area (Å²) >= 11 is 0. The molecule has 0 bridgehead atoms. The Labute approximate surface area is 258 Å². The number of carbonyl (C=O) groups excluding carboxylic acids is 6. The van der Waals surface area contributed by atoms with Gasteiger partial charge >= 0.3 is 41.5 Å². The van der Waals surface area contributed by atoms with Gasteiger partial charge in [-0.05, 0) is 50.4 Å². The maximum Gasteiger partial charge on any atom is 0.417 e. The molecule has 18 heteroatoms. The highest BCUT2D eigenvalue weighted by molar-refractivity contribution is 5.87. The number of benzene rings is 1. The van der Waals surface area contributed by atoms with E-state index in [1.54, 1.807) is 0 Å². The van der Waals surface area contributed by atoms with Gasteiger partial charge in [0.15, 0.2) is 6.10 Å². The first-order valence-corrected chi connectivity index (χ1v) is 13.8. The van der Waals surface area contributed by atoms with E-state index in [2.05, 4.69) is 9.78 Å². The van der Waals surface area contributed by atoms with Crippen LogP contribution in [0.1, 0.15) is 58.4 Å². The van der Waals surface area contributed by atoms with Gasteiger partial charge in [0, 0.05) is 39.7 Å². The van der Waals surface area contributed by atoms with Crippen LogP contribution in [0.2, 0.25) is 0 Å². The van der Waals surface area contributed by atoms with Crippen LogP contribution in [0.5, 0.6) is 11.5 Å². The predicted molar refractivity (Wildman–Crippen MR) is 152 cm³/mol. The van der Waals surface area contributed by atoms with Gasteiger partial charge in [0.25, 0.3) is 5.72 Å². The van der Waals surface area contributed by atoms with Crippen LogP contribution in [0, 0.1) is 0 Å². The van der Waals surface area contributed by atoms with Crippen LogP contribution in [0.15, 0.2) is 18.2 Å². The Morgan fingerprint density at radius 3 is 2.04 bits per heavy atom. The Hall–Kier alpha value is -4.36. The summed E-state index contributed by atoms with van der Waals surface area (Å²) in [5, 5.41) is 9.76. The van der Waals surface area contributed by atoms with Crippen molar-refractivity contribution in [2.24, 2.45) is 28.7 Å². The molecule has 0 radical (unpaired) electrons. The molecular formula is C27H41N5O13. The van der Waals surface area contributed by atoms with E-state index in [0.717, 1.165) is 26.8 Å².